The summed E-state index contributed by atoms with van der Waals surface area (Å²) in [6, 6.07) is 24.6. The van der Waals surface area contributed by atoms with E-state index in [-0.39, 0.29) is 5.69 Å². The molecule has 0 heterocycles. The van der Waals surface area contributed by atoms with E-state index in [0.29, 0.717) is 11.4 Å². The van der Waals surface area contributed by atoms with Crippen molar-refractivity contribution in [3.63, 3.8) is 0 Å². The number of para-hydroxylation sites is 3. The number of nitrogens with zero attached hydrogens (tertiary/aromatic N) is 1. The Bertz CT molecular complexity index is 1110. The Morgan fingerprint density at radius 2 is 1.53 bits per heavy atom. The molecule has 0 aliphatic rings. The lowest BCUT2D eigenvalue weighted by Gasteiger charge is -2.24. The zero-order valence-electron chi connectivity index (χ0n) is 16.4. The number of hydrogen-bond donors (Lipinski definition) is 1. The van der Waals surface area contributed by atoms with Gasteiger partial charge in [-0.05, 0) is 35.9 Å². The maximum Gasteiger partial charge on any atom is 0.258 e. The van der Waals surface area contributed by atoms with Crippen LogP contribution in [0.15, 0.2) is 90.3 Å². The summed E-state index contributed by atoms with van der Waals surface area (Å²) in [5, 5.41) is 3.80. The molecule has 1 amide bonds. The highest BCUT2D eigenvalue weighted by Gasteiger charge is 2.25. The molecule has 0 aliphatic heterocycles. The van der Waals surface area contributed by atoms with Crippen LogP contribution in [-0.4, -0.2) is 28.0 Å². The van der Waals surface area contributed by atoms with Crippen LogP contribution in [0.1, 0.15) is 5.56 Å². The minimum atomic E-state index is -3.98. The molecule has 6 nitrogen and oxygen atoms in total. The van der Waals surface area contributed by atoms with Crippen molar-refractivity contribution in [3.8, 4) is 5.75 Å². The summed E-state index contributed by atoms with van der Waals surface area (Å²) >= 11 is 0. The van der Waals surface area contributed by atoms with Crippen LogP contribution in [0.4, 0.5) is 11.4 Å². The molecule has 0 saturated carbocycles. The van der Waals surface area contributed by atoms with E-state index in [1.165, 1.54) is 13.2 Å². The van der Waals surface area contributed by atoms with Gasteiger partial charge in [0.1, 0.15) is 12.3 Å². The van der Waals surface area contributed by atoms with Crippen LogP contribution < -0.4 is 14.4 Å². The van der Waals surface area contributed by atoms with Crippen LogP contribution >= 0.6 is 0 Å². The van der Waals surface area contributed by atoms with E-state index in [4.69, 9.17) is 4.74 Å². The van der Waals surface area contributed by atoms with Gasteiger partial charge in [0.05, 0.1) is 18.2 Å². The second-order valence-corrected chi connectivity index (χ2v) is 8.09. The van der Waals surface area contributed by atoms with Crippen LogP contribution in [0.3, 0.4) is 0 Å². The van der Waals surface area contributed by atoms with Crippen molar-refractivity contribution in [1.82, 2.24) is 0 Å². The Labute approximate surface area is 176 Å². The first kappa shape index (κ1) is 21.1. The highest BCUT2D eigenvalue weighted by atomic mass is 32.2. The summed E-state index contributed by atoms with van der Waals surface area (Å²) in [4.78, 5) is 12.6. The molecule has 3 rings (SSSR count). The highest BCUT2D eigenvalue weighted by Crippen LogP contribution is 2.30. The van der Waals surface area contributed by atoms with E-state index in [9.17, 15) is 13.2 Å². The van der Waals surface area contributed by atoms with Gasteiger partial charge in [0.25, 0.3) is 10.0 Å². The molecular formula is C23H22N2O4S. The number of nitrogens with one attached hydrogen (secondary N) is 1. The number of methoxy groups -OCH3 is 1. The van der Waals surface area contributed by atoms with E-state index in [1.807, 2.05) is 24.3 Å². The van der Waals surface area contributed by atoms with Crippen molar-refractivity contribution in [2.75, 3.05) is 23.3 Å². The third kappa shape index (κ3) is 5.48. The largest absolute Gasteiger partial charge is 0.495 e. The maximum absolute atomic E-state index is 13.2. The van der Waals surface area contributed by atoms with Crippen molar-refractivity contribution < 1.29 is 17.9 Å². The molecular weight excluding hydrogens is 400 g/mol. The Morgan fingerprint density at radius 1 is 0.933 bits per heavy atom. The van der Waals surface area contributed by atoms with Crippen LogP contribution in [-0.2, 0) is 14.8 Å². The number of carbonyl (C=O) groups is 1. The summed E-state index contributed by atoms with van der Waals surface area (Å²) < 4.78 is 32.7. The highest BCUT2D eigenvalue weighted by molar-refractivity contribution is 7.95. The van der Waals surface area contributed by atoms with E-state index >= 15 is 0 Å². The number of ether oxygens (including phenoxy) is 1. The second-order valence-electron chi connectivity index (χ2n) is 6.35. The third-order valence-corrected chi connectivity index (χ3v) is 5.66. The lowest BCUT2D eigenvalue weighted by Crippen LogP contribution is -2.37. The van der Waals surface area contributed by atoms with Crippen molar-refractivity contribution >= 4 is 33.4 Å². The Kier molecular flexibility index (Phi) is 6.87. The van der Waals surface area contributed by atoms with E-state index < -0.39 is 22.5 Å². The molecule has 1 N–H and O–H groups in total. The van der Waals surface area contributed by atoms with Crippen molar-refractivity contribution in [1.29, 1.82) is 0 Å². The SMILES string of the molecule is COc1ccccc1N(CC(=O)Nc1ccccc1)S(=O)(=O)/C=C/c1ccccc1. The second kappa shape index (κ2) is 9.76. The molecule has 0 fully saturated rings. The average molecular weight is 423 g/mol. The topological polar surface area (TPSA) is 75.7 Å². The van der Waals surface area contributed by atoms with Gasteiger partial charge >= 0.3 is 0 Å². The molecule has 3 aromatic carbocycles. The summed E-state index contributed by atoms with van der Waals surface area (Å²) in [6.45, 7) is -0.406. The van der Waals surface area contributed by atoms with E-state index in [1.54, 1.807) is 60.7 Å². The van der Waals surface area contributed by atoms with E-state index in [0.717, 1.165) is 15.3 Å². The van der Waals surface area contributed by atoms with Crippen LogP contribution in [0.5, 0.6) is 5.75 Å². The van der Waals surface area contributed by atoms with Crippen molar-refractivity contribution in [2.45, 2.75) is 0 Å². The molecule has 0 bridgehead atoms. The van der Waals surface area contributed by atoms with Crippen LogP contribution in [0.2, 0.25) is 0 Å². The fraction of sp³-hybridized carbons (Fsp3) is 0.0870. The molecule has 0 saturated heterocycles. The Morgan fingerprint density at radius 3 is 2.20 bits per heavy atom. The fourth-order valence-corrected chi connectivity index (χ4v) is 4.00. The first-order valence-corrected chi connectivity index (χ1v) is 10.7. The zero-order chi connectivity index (χ0) is 21.4. The smallest absolute Gasteiger partial charge is 0.258 e. The minimum Gasteiger partial charge on any atom is -0.495 e. The number of carbonyl (C=O) groups excluding carboxylic acids is 1. The molecule has 0 unspecified atom stereocenters. The fourth-order valence-electron chi connectivity index (χ4n) is 2.80. The molecule has 0 spiro atoms. The van der Waals surface area contributed by atoms with Gasteiger partial charge in [-0.1, -0.05) is 60.7 Å². The van der Waals surface area contributed by atoms with Crippen molar-refractivity contribution in [3.05, 3.63) is 95.9 Å². The number of amides is 1. The van der Waals surface area contributed by atoms with Gasteiger partial charge in [0.2, 0.25) is 5.91 Å². The molecule has 0 aliphatic carbocycles. The Hall–Kier alpha value is -3.58. The summed E-state index contributed by atoms with van der Waals surface area (Å²) in [7, 11) is -2.53. The number of sulfonamides is 1. The standard InChI is InChI=1S/C23H22N2O4S/c1-29-22-15-9-8-14-21(22)25(18-23(26)24-20-12-6-3-7-13-20)30(27,28)17-16-19-10-4-2-5-11-19/h2-17H,18H2,1H3,(H,24,26)/b17-16+. The van der Waals surface area contributed by atoms with Gasteiger partial charge in [0, 0.05) is 5.69 Å². The Balaban J connectivity index is 1.92. The normalized spacial score (nSPS) is 11.2. The third-order valence-electron chi connectivity index (χ3n) is 4.24. The zero-order valence-corrected chi connectivity index (χ0v) is 17.2. The number of benzene rings is 3. The van der Waals surface area contributed by atoms with Gasteiger partial charge < -0.3 is 10.1 Å². The van der Waals surface area contributed by atoms with E-state index in [2.05, 4.69) is 5.32 Å². The molecule has 7 heteroatoms. The molecule has 30 heavy (non-hydrogen) atoms. The average Bonchev–Trinajstić information content (AvgIpc) is 2.77. The van der Waals surface area contributed by atoms with Crippen LogP contribution in [0.25, 0.3) is 6.08 Å². The molecule has 154 valence electrons. The quantitative estimate of drug-likeness (QED) is 0.592. The lowest BCUT2D eigenvalue weighted by atomic mass is 10.2. The lowest BCUT2D eigenvalue weighted by molar-refractivity contribution is -0.114. The summed E-state index contributed by atoms with van der Waals surface area (Å²) in [6.07, 6.45) is 1.49. The van der Waals surface area contributed by atoms with Gasteiger partial charge in [-0.3, -0.25) is 9.10 Å². The van der Waals surface area contributed by atoms with Crippen LogP contribution in [0, 0.1) is 0 Å². The van der Waals surface area contributed by atoms with Gasteiger partial charge in [-0.15, -0.1) is 0 Å². The van der Waals surface area contributed by atoms with Crippen molar-refractivity contribution in [2.24, 2.45) is 0 Å². The molecule has 0 aromatic heterocycles. The van der Waals surface area contributed by atoms with Gasteiger partial charge in [0.15, 0.2) is 0 Å². The number of hydrogen-bond acceptors (Lipinski definition) is 4. The molecule has 3 aromatic rings. The maximum atomic E-state index is 13.2. The minimum absolute atomic E-state index is 0.279. The summed E-state index contributed by atoms with van der Waals surface area (Å²) in [5.74, 6) is -0.120. The number of rotatable bonds is 8. The predicted octanol–water partition coefficient (Wildman–Crippen LogP) is 4.14. The molecule has 0 atom stereocenters. The van der Waals surface area contributed by atoms with Gasteiger partial charge in [-0.2, -0.15) is 0 Å². The summed E-state index contributed by atoms with van der Waals surface area (Å²) in [5.41, 5.74) is 1.59. The monoisotopic (exact) mass is 422 g/mol. The van der Waals surface area contributed by atoms with Gasteiger partial charge in [-0.25, -0.2) is 8.42 Å². The number of anilines is 2. The first-order chi connectivity index (χ1) is 14.5. The molecule has 0 radical (unpaired) electrons. The first-order valence-electron chi connectivity index (χ1n) is 9.23. The predicted molar refractivity (Wildman–Crippen MR) is 120 cm³/mol.